The Hall–Kier alpha value is -1.34. The minimum absolute atomic E-state index is 0.0375. The second-order valence-electron chi connectivity index (χ2n) is 15.3. The van der Waals surface area contributed by atoms with Gasteiger partial charge in [0.1, 0.15) is 11.9 Å². The number of carboxylic acid groups (broad SMARTS) is 1. The molecule has 0 aromatic carbocycles. The van der Waals surface area contributed by atoms with Crippen molar-refractivity contribution >= 4 is 29.3 Å². The number of halogens is 4. The van der Waals surface area contributed by atoms with E-state index in [1.165, 1.54) is 0 Å². The first-order chi connectivity index (χ1) is 22.4. The molecule has 1 aromatic rings. The number of likely N-dealkylation sites (tertiary alicyclic amines) is 1. The van der Waals surface area contributed by atoms with E-state index in [1.807, 2.05) is 6.92 Å². The molecule has 5 fully saturated rings. The molecule has 0 radical (unpaired) electrons. The Balaban J connectivity index is 1.08. The average Bonchev–Trinajstić information content (AvgIpc) is 3.65. The van der Waals surface area contributed by atoms with Crippen molar-refractivity contribution in [1.29, 1.82) is 0 Å². The first-order valence-corrected chi connectivity index (χ1v) is 19.1. The van der Waals surface area contributed by atoms with Crippen LogP contribution in [-0.2, 0) is 27.9 Å². The summed E-state index contributed by atoms with van der Waals surface area (Å²) in [6.07, 6.45) is 3.25. The number of rotatable bonds is 7. The van der Waals surface area contributed by atoms with E-state index in [1.54, 1.807) is 21.2 Å². The lowest BCUT2D eigenvalue weighted by Gasteiger charge is -2.47. The molecule has 8 unspecified atom stereocenters. The summed E-state index contributed by atoms with van der Waals surface area (Å²) in [6, 6.07) is -1.62. The fraction of sp³-hybridized carbons (Fsp3) is 0.853. The molecule has 47 heavy (non-hydrogen) atoms. The van der Waals surface area contributed by atoms with E-state index in [9.17, 15) is 27.9 Å². The summed E-state index contributed by atoms with van der Waals surface area (Å²) in [5.74, 6) is 0.574. The number of alkyl halides is 4. The number of piperidine rings is 2. The minimum Gasteiger partial charge on any atom is -0.481 e. The number of ether oxygens (including phenoxy) is 1. The van der Waals surface area contributed by atoms with Crippen molar-refractivity contribution in [3.8, 4) is 0 Å². The molecule has 0 amide bonds. The number of aryl methyl sites for hydroxylation is 1. The molecule has 4 heterocycles. The van der Waals surface area contributed by atoms with Crippen molar-refractivity contribution in [3.05, 3.63) is 27.4 Å². The molecular formula is C34H48ClF3N4O4S. The summed E-state index contributed by atoms with van der Waals surface area (Å²) in [4.78, 5) is 32.7. The van der Waals surface area contributed by atoms with Crippen molar-refractivity contribution in [2.24, 2.45) is 17.8 Å². The second kappa shape index (κ2) is 13.1. The first-order valence-electron chi connectivity index (χ1n) is 17.7. The van der Waals surface area contributed by atoms with Crippen LogP contribution in [0.1, 0.15) is 88.2 Å². The number of carboxylic acids is 1. The average molecular weight is 701 g/mol. The van der Waals surface area contributed by atoms with Gasteiger partial charge in [0.25, 0.3) is 5.56 Å². The molecular weight excluding hydrogens is 653 g/mol. The molecule has 3 aliphatic carbocycles. The molecule has 8 nitrogen and oxygen atoms in total. The zero-order valence-electron chi connectivity index (χ0n) is 27.3. The molecule has 0 bridgehead atoms. The standard InChI is InChI=1S/C34H48ClF3N4O4S/c1-18-13-23(29-28(39-18)25(17-47-29)32(44)45)22-14-20(35)6-7-26(22)46-12-11-41-19(2)40-30-24(31(41)43)15-21(16-33(30)8-9-33)42-10-4-3-5-27(42)34(36,37)38/h18,20-23,25-29,39H,3-17H2,1-2H3,(H,44,45)/t18?,20?,21-,22?,23?,25?,26?,27+,28?,29?/m1/s1. The molecule has 7 rings (SSSR count). The highest BCUT2D eigenvalue weighted by Gasteiger charge is 2.56. The van der Waals surface area contributed by atoms with Crippen molar-refractivity contribution in [1.82, 2.24) is 19.8 Å². The number of aromatic nitrogens is 2. The Bertz CT molecular complexity index is 1410. The Labute approximate surface area is 283 Å². The van der Waals surface area contributed by atoms with Gasteiger partial charge in [-0.2, -0.15) is 24.9 Å². The van der Waals surface area contributed by atoms with Gasteiger partial charge < -0.3 is 15.2 Å². The van der Waals surface area contributed by atoms with Gasteiger partial charge in [0.05, 0.1) is 30.9 Å². The molecule has 10 atom stereocenters. The summed E-state index contributed by atoms with van der Waals surface area (Å²) in [5.41, 5.74) is 1.00. The van der Waals surface area contributed by atoms with Gasteiger partial charge in [0, 0.05) is 45.5 Å². The Kier molecular flexibility index (Phi) is 9.50. The van der Waals surface area contributed by atoms with Crippen LogP contribution < -0.4 is 10.9 Å². The van der Waals surface area contributed by atoms with Gasteiger partial charge in [-0.3, -0.25) is 19.1 Å². The number of hydrogen-bond acceptors (Lipinski definition) is 7. The van der Waals surface area contributed by atoms with Crippen LogP contribution in [-0.4, -0.2) is 91.5 Å². The SMILES string of the molecule is Cc1nc2c(c(=O)n1CCOC1CCC(Cl)CC1C1CC(C)NC3C(C(=O)O)CSC13)C[C@@H](N1CCCC[C@H]1C(F)(F)F)CC21CC1. The predicted molar refractivity (Wildman–Crippen MR) is 175 cm³/mol. The molecule has 1 spiro atoms. The fourth-order valence-electron chi connectivity index (χ4n) is 9.92. The molecule has 13 heteroatoms. The Morgan fingerprint density at radius 3 is 2.70 bits per heavy atom. The number of fused-ring (bicyclic) bond motifs is 3. The lowest BCUT2D eigenvalue weighted by molar-refractivity contribution is -0.198. The van der Waals surface area contributed by atoms with Gasteiger partial charge in [-0.05, 0) is 96.4 Å². The summed E-state index contributed by atoms with van der Waals surface area (Å²) in [6.45, 7) is 5.05. The summed E-state index contributed by atoms with van der Waals surface area (Å²) < 4.78 is 50.5. The highest BCUT2D eigenvalue weighted by Crippen LogP contribution is 2.55. The van der Waals surface area contributed by atoms with E-state index in [2.05, 4.69) is 12.2 Å². The molecule has 6 aliphatic rings. The third-order valence-corrected chi connectivity index (χ3v) is 14.3. The van der Waals surface area contributed by atoms with Crippen LogP contribution in [0, 0.1) is 24.7 Å². The lowest BCUT2D eigenvalue weighted by atomic mass is 9.70. The molecule has 3 aliphatic heterocycles. The van der Waals surface area contributed by atoms with Gasteiger partial charge in [-0.1, -0.05) is 6.42 Å². The van der Waals surface area contributed by atoms with E-state index in [0.29, 0.717) is 56.1 Å². The van der Waals surface area contributed by atoms with Crippen molar-refractivity contribution < 1.29 is 27.8 Å². The van der Waals surface area contributed by atoms with E-state index >= 15 is 0 Å². The van der Waals surface area contributed by atoms with Gasteiger partial charge >= 0.3 is 12.1 Å². The summed E-state index contributed by atoms with van der Waals surface area (Å²) in [5, 5.41) is 13.7. The largest absolute Gasteiger partial charge is 0.481 e. The van der Waals surface area contributed by atoms with Crippen molar-refractivity contribution in [2.75, 3.05) is 18.9 Å². The summed E-state index contributed by atoms with van der Waals surface area (Å²) >= 11 is 8.49. The van der Waals surface area contributed by atoms with E-state index in [-0.39, 0.29) is 64.1 Å². The normalized spacial score (nSPS) is 38.6. The fourth-order valence-corrected chi connectivity index (χ4v) is 12.1. The highest BCUT2D eigenvalue weighted by molar-refractivity contribution is 8.00. The van der Waals surface area contributed by atoms with Crippen molar-refractivity contribution in [3.63, 3.8) is 0 Å². The number of nitrogens with zero attached hydrogens (tertiary/aromatic N) is 3. The number of nitrogens with one attached hydrogen (secondary N) is 1. The van der Waals surface area contributed by atoms with E-state index < -0.39 is 24.1 Å². The third-order valence-electron chi connectivity index (χ3n) is 12.3. The van der Waals surface area contributed by atoms with Gasteiger partial charge in [-0.15, -0.1) is 11.6 Å². The highest BCUT2D eigenvalue weighted by atomic mass is 35.5. The maximum atomic E-state index is 14.1. The van der Waals surface area contributed by atoms with Gasteiger partial charge in [0.15, 0.2) is 0 Å². The van der Waals surface area contributed by atoms with Crippen LogP contribution in [0.2, 0.25) is 0 Å². The molecule has 1 aromatic heterocycles. The number of aliphatic carboxylic acids is 1. The van der Waals surface area contributed by atoms with E-state index in [4.69, 9.17) is 21.3 Å². The van der Waals surface area contributed by atoms with Gasteiger partial charge in [0.2, 0.25) is 0 Å². The van der Waals surface area contributed by atoms with Crippen LogP contribution >= 0.6 is 23.4 Å². The molecule has 3 saturated heterocycles. The van der Waals surface area contributed by atoms with Crippen molar-refractivity contribution in [2.45, 2.75) is 144 Å². The van der Waals surface area contributed by atoms with E-state index in [0.717, 1.165) is 50.6 Å². The monoisotopic (exact) mass is 700 g/mol. The molecule has 2 N–H and O–H groups in total. The van der Waals surface area contributed by atoms with Crippen LogP contribution in [0.5, 0.6) is 0 Å². The maximum absolute atomic E-state index is 14.1. The van der Waals surface area contributed by atoms with Gasteiger partial charge in [-0.25, -0.2) is 4.98 Å². The second-order valence-corrected chi connectivity index (χ2v) is 17.1. The molecule has 262 valence electrons. The predicted octanol–water partition coefficient (Wildman–Crippen LogP) is 5.29. The summed E-state index contributed by atoms with van der Waals surface area (Å²) in [7, 11) is 0. The quantitative estimate of drug-likeness (QED) is 0.371. The smallest absolute Gasteiger partial charge is 0.404 e. The maximum Gasteiger partial charge on any atom is 0.404 e. The zero-order valence-corrected chi connectivity index (χ0v) is 28.9. The Morgan fingerprint density at radius 1 is 1.19 bits per heavy atom. The minimum atomic E-state index is -4.28. The first kappa shape index (κ1) is 34.1. The topological polar surface area (TPSA) is 96.7 Å². The number of hydrogen-bond donors (Lipinski definition) is 2. The Morgan fingerprint density at radius 2 is 1.98 bits per heavy atom. The van der Waals surface area contributed by atoms with Crippen LogP contribution in [0.4, 0.5) is 13.2 Å². The van der Waals surface area contributed by atoms with Crippen LogP contribution in [0.15, 0.2) is 4.79 Å². The van der Waals surface area contributed by atoms with Crippen LogP contribution in [0.3, 0.4) is 0 Å². The molecule has 2 saturated carbocycles. The zero-order chi connectivity index (χ0) is 33.2. The number of carbonyl (C=O) groups is 1. The third kappa shape index (κ3) is 6.52. The number of thioether (sulfide) groups is 1. The lowest BCUT2D eigenvalue weighted by Crippen LogP contribution is -2.57. The van der Waals surface area contributed by atoms with Crippen LogP contribution in [0.25, 0.3) is 0 Å².